The summed E-state index contributed by atoms with van der Waals surface area (Å²) in [6.07, 6.45) is 3.06. The predicted molar refractivity (Wildman–Crippen MR) is 74.5 cm³/mol. The monoisotopic (exact) mass is 321 g/mol. The fourth-order valence-corrected chi connectivity index (χ4v) is 3.63. The van der Waals surface area contributed by atoms with Gasteiger partial charge in [0.15, 0.2) is 0 Å². The second-order valence-corrected chi connectivity index (χ2v) is 7.67. The Labute approximate surface area is 123 Å². The third kappa shape index (κ3) is 3.14. The van der Waals surface area contributed by atoms with Gasteiger partial charge in [-0.1, -0.05) is 24.9 Å². The van der Waals surface area contributed by atoms with Crippen molar-refractivity contribution in [3.8, 4) is 0 Å². The van der Waals surface area contributed by atoms with Crippen LogP contribution in [0.3, 0.4) is 0 Å². The number of hydrogen-bond acceptors (Lipinski definition) is 3. The van der Waals surface area contributed by atoms with Crippen LogP contribution in [0.1, 0.15) is 31.7 Å². The molecular weight excluding hydrogens is 305 g/mol. The molecule has 0 spiro atoms. The van der Waals surface area contributed by atoms with Crippen molar-refractivity contribution < 1.29 is 17.9 Å². The maximum Gasteiger partial charge on any atom is 0.240 e. The average Bonchev–Trinajstić information content (AvgIpc) is 2.37. The van der Waals surface area contributed by atoms with Crippen molar-refractivity contribution in [3.63, 3.8) is 0 Å². The molecule has 4 nitrogen and oxygen atoms in total. The van der Waals surface area contributed by atoms with Crippen molar-refractivity contribution in [1.29, 1.82) is 0 Å². The van der Waals surface area contributed by atoms with Crippen LogP contribution in [-0.4, -0.2) is 20.1 Å². The number of benzene rings is 1. The fraction of sp³-hybridized carbons (Fsp3) is 0.538. The number of rotatable bonds is 5. The zero-order chi connectivity index (χ0) is 15.0. The first kappa shape index (κ1) is 15.7. The molecule has 0 unspecified atom stereocenters. The molecule has 2 rings (SSSR count). The Kier molecular flexibility index (Phi) is 4.39. The normalized spacial score (nSPS) is 17.8. The van der Waals surface area contributed by atoms with Crippen LogP contribution in [-0.2, 0) is 16.6 Å². The zero-order valence-electron chi connectivity index (χ0n) is 11.1. The SMILES string of the molecule is CC1(CNS(=O)(=O)c2cc(F)c(Cl)c(CO)c2)CCC1. The topological polar surface area (TPSA) is 66.4 Å². The number of sulfonamides is 1. The number of hydrogen-bond donors (Lipinski definition) is 2. The first-order chi connectivity index (χ1) is 9.27. The van der Waals surface area contributed by atoms with E-state index in [-0.39, 0.29) is 20.9 Å². The minimum Gasteiger partial charge on any atom is -0.392 e. The first-order valence-electron chi connectivity index (χ1n) is 6.36. The van der Waals surface area contributed by atoms with Crippen LogP contribution in [0, 0.1) is 11.2 Å². The van der Waals surface area contributed by atoms with E-state index >= 15 is 0 Å². The van der Waals surface area contributed by atoms with Gasteiger partial charge in [-0.3, -0.25) is 0 Å². The van der Waals surface area contributed by atoms with Crippen LogP contribution in [0.25, 0.3) is 0 Å². The molecule has 7 heteroatoms. The van der Waals surface area contributed by atoms with Gasteiger partial charge in [0.05, 0.1) is 16.5 Å². The van der Waals surface area contributed by atoms with E-state index in [1.165, 1.54) is 6.07 Å². The van der Waals surface area contributed by atoms with E-state index in [0.29, 0.717) is 6.54 Å². The highest BCUT2D eigenvalue weighted by molar-refractivity contribution is 7.89. The maximum atomic E-state index is 13.6. The molecule has 0 radical (unpaired) electrons. The van der Waals surface area contributed by atoms with Crippen molar-refractivity contribution >= 4 is 21.6 Å². The summed E-state index contributed by atoms with van der Waals surface area (Å²) in [6.45, 7) is 1.82. The van der Waals surface area contributed by atoms with Gasteiger partial charge in [0, 0.05) is 12.1 Å². The third-order valence-electron chi connectivity index (χ3n) is 3.81. The van der Waals surface area contributed by atoms with Gasteiger partial charge in [0.1, 0.15) is 5.82 Å². The molecule has 0 atom stereocenters. The smallest absolute Gasteiger partial charge is 0.240 e. The molecular formula is C13H17ClFNO3S. The van der Waals surface area contributed by atoms with E-state index in [2.05, 4.69) is 4.72 Å². The summed E-state index contributed by atoms with van der Waals surface area (Å²) in [6, 6.07) is 2.06. The third-order valence-corrected chi connectivity index (χ3v) is 5.61. The molecule has 0 amide bonds. The van der Waals surface area contributed by atoms with Crippen molar-refractivity contribution in [2.75, 3.05) is 6.54 Å². The van der Waals surface area contributed by atoms with Gasteiger partial charge < -0.3 is 5.11 Å². The molecule has 0 aromatic heterocycles. The molecule has 0 bridgehead atoms. The lowest BCUT2D eigenvalue weighted by Crippen LogP contribution is -2.39. The molecule has 0 saturated heterocycles. The second-order valence-electron chi connectivity index (χ2n) is 5.53. The second kappa shape index (κ2) is 5.60. The molecule has 2 N–H and O–H groups in total. The van der Waals surface area contributed by atoms with Gasteiger partial charge >= 0.3 is 0 Å². The number of aliphatic hydroxyl groups is 1. The summed E-state index contributed by atoms with van der Waals surface area (Å²) in [4.78, 5) is -0.216. The molecule has 20 heavy (non-hydrogen) atoms. The van der Waals surface area contributed by atoms with E-state index in [1.54, 1.807) is 0 Å². The van der Waals surface area contributed by atoms with E-state index in [1.807, 2.05) is 6.92 Å². The van der Waals surface area contributed by atoms with Crippen molar-refractivity contribution in [1.82, 2.24) is 4.72 Å². The zero-order valence-corrected chi connectivity index (χ0v) is 12.7. The van der Waals surface area contributed by atoms with Crippen LogP contribution in [0.5, 0.6) is 0 Å². The first-order valence-corrected chi connectivity index (χ1v) is 8.22. The molecule has 0 heterocycles. The number of nitrogens with one attached hydrogen (secondary N) is 1. The largest absolute Gasteiger partial charge is 0.392 e. The van der Waals surface area contributed by atoms with Crippen LogP contribution in [0.2, 0.25) is 5.02 Å². The lowest BCUT2D eigenvalue weighted by molar-refractivity contribution is 0.166. The molecule has 1 aromatic rings. The highest BCUT2D eigenvalue weighted by Gasteiger charge is 2.33. The van der Waals surface area contributed by atoms with E-state index in [0.717, 1.165) is 25.3 Å². The fourth-order valence-electron chi connectivity index (χ4n) is 2.20. The summed E-state index contributed by atoms with van der Waals surface area (Å²) in [7, 11) is -3.80. The van der Waals surface area contributed by atoms with Crippen LogP contribution < -0.4 is 4.72 Å². The van der Waals surface area contributed by atoms with E-state index < -0.39 is 22.4 Å². The Morgan fingerprint density at radius 1 is 1.45 bits per heavy atom. The molecule has 1 aliphatic rings. The van der Waals surface area contributed by atoms with E-state index in [9.17, 15) is 12.8 Å². The Hall–Kier alpha value is -0.690. The summed E-state index contributed by atoms with van der Waals surface area (Å²) < 4.78 is 40.4. The van der Waals surface area contributed by atoms with Gasteiger partial charge in [-0.25, -0.2) is 17.5 Å². The van der Waals surface area contributed by atoms with Gasteiger partial charge in [-0.05, 0) is 30.4 Å². The van der Waals surface area contributed by atoms with Gasteiger partial charge in [-0.2, -0.15) is 0 Å². The minimum atomic E-state index is -3.80. The summed E-state index contributed by atoms with van der Waals surface area (Å²) in [5, 5.41) is 8.82. The van der Waals surface area contributed by atoms with Gasteiger partial charge in [0.25, 0.3) is 0 Å². The Bertz CT molecular complexity index is 614. The average molecular weight is 322 g/mol. The lowest BCUT2D eigenvalue weighted by Gasteiger charge is -2.38. The predicted octanol–water partition coefficient (Wildman–Crippen LogP) is 2.44. The summed E-state index contributed by atoms with van der Waals surface area (Å²) >= 11 is 5.65. The quantitative estimate of drug-likeness (QED) is 0.875. The van der Waals surface area contributed by atoms with Crippen molar-refractivity contribution in [2.24, 2.45) is 5.41 Å². The Morgan fingerprint density at radius 3 is 2.60 bits per heavy atom. The molecule has 1 saturated carbocycles. The minimum absolute atomic E-state index is 0.0160. The molecule has 1 aliphatic carbocycles. The van der Waals surface area contributed by atoms with E-state index in [4.69, 9.17) is 16.7 Å². The standard InChI is InChI=1S/C13H17ClFNO3S/c1-13(3-2-4-13)8-16-20(18,19)10-5-9(7-17)12(14)11(15)6-10/h5-6,16-17H,2-4,7-8H2,1H3. The summed E-state index contributed by atoms with van der Waals surface area (Å²) in [5.74, 6) is -0.853. The van der Waals surface area contributed by atoms with Crippen LogP contribution in [0.4, 0.5) is 4.39 Å². The molecule has 112 valence electrons. The maximum absolute atomic E-state index is 13.6. The summed E-state index contributed by atoms with van der Waals surface area (Å²) in [5.41, 5.74) is 0.0413. The Morgan fingerprint density at radius 2 is 2.10 bits per heavy atom. The highest BCUT2D eigenvalue weighted by atomic mass is 35.5. The lowest BCUT2D eigenvalue weighted by atomic mass is 9.71. The van der Waals surface area contributed by atoms with Crippen LogP contribution in [0.15, 0.2) is 17.0 Å². The van der Waals surface area contributed by atoms with Gasteiger partial charge in [0.2, 0.25) is 10.0 Å². The highest BCUT2D eigenvalue weighted by Crippen LogP contribution is 2.39. The van der Waals surface area contributed by atoms with Gasteiger partial charge in [-0.15, -0.1) is 0 Å². The molecule has 1 fully saturated rings. The Balaban J connectivity index is 2.22. The van der Waals surface area contributed by atoms with Crippen molar-refractivity contribution in [2.45, 2.75) is 37.7 Å². The van der Waals surface area contributed by atoms with Crippen molar-refractivity contribution in [3.05, 3.63) is 28.5 Å². The van der Waals surface area contributed by atoms with Crippen LogP contribution >= 0.6 is 11.6 Å². The number of aliphatic hydroxyl groups excluding tert-OH is 1. The molecule has 0 aliphatic heterocycles. The number of halogens is 2. The molecule has 1 aromatic carbocycles.